The first-order valence-corrected chi connectivity index (χ1v) is 7.38. The van der Waals surface area contributed by atoms with Crippen molar-refractivity contribution < 1.29 is 9.47 Å². The molecular weight excluding hydrogens is 298 g/mol. The van der Waals surface area contributed by atoms with Crippen molar-refractivity contribution >= 4 is 11.6 Å². The Labute approximate surface area is 136 Å². The van der Waals surface area contributed by atoms with Crippen LogP contribution < -0.4 is 0 Å². The van der Waals surface area contributed by atoms with E-state index in [9.17, 15) is 0 Å². The van der Waals surface area contributed by atoms with E-state index in [2.05, 4.69) is 29.9 Å². The van der Waals surface area contributed by atoms with Crippen LogP contribution >= 0.6 is 11.6 Å². The van der Waals surface area contributed by atoms with E-state index < -0.39 is 0 Å². The molecule has 0 fully saturated rings. The van der Waals surface area contributed by atoms with Gasteiger partial charge in [0.15, 0.2) is 0 Å². The second-order valence-electron chi connectivity index (χ2n) is 4.87. The van der Waals surface area contributed by atoms with Gasteiger partial charge >= 0.3 is 0 Å². The second-order valence-corrected chi connectivity index (χ2v) is 5.28. The van der Waals surface area contributed by atoms with E-state index in [0.717, 1.165) is 12.2 Å². The Balaban J connectivity index is 2.20. The maximum atomic E-state index is 6.33. The summed E-state index contributed by atoms with van der Waals surface area (Å²) in [5.74, 6) is 0.559. The summed E-state index contributed by atoms with van der Waals surface area (Å²) in [6, 6.07) is 12.1. The van der Waals surface area contributed by atoms with E-state index in [1.807, 2.05) is 30.5 Å². The summed E-state index contributed by atoms with van der Waals surface area (Å²) in [4.78, 5) is 0. The number of rotatable bonds is 8. The van der Waals surface area contributed by atoms with Crippen LogP contribution in [0.4, 0.5) is 0 Å². The van der Waals surface area contributed by atoms with Gasteiger partial charge in [-0.3, -0.25) is 0 Å². The van der Waals surface area contributed by atoms with E-state index >= 15 is 0 Å². The van der Waals surface area contributed by atoms with Crippen LogP contribution in [0.1, 0.15) is 17.4 Å². The summed E-state index contributed by atoms with van der Waals surface area (Å²) in [5, 5.41) is 0.656. The van der Waals surface area contributed by atoms with E-state index in [-0.39, 0.29) is 6.10 Å². The Bertz CT molecular complexity index is 634. The molecule has 1 aromatic heterocycles. The molecule has 0 aliphatic rings. The number of hydrogen-bond donors (Lipinski definition) is 0. The molecule has 22 heavy (non-hydrogen) atoms. The smallest absolute Gasteiger partial charge is 0.117 e. The molecule has 0 saturated carbocycles. The van der Waals surface area contributed by atoms with Crippen molar-refractivity contribution in [3.63, 3.8) is 0 Å². The van der Waals surface area contributed by atoms with Crippen LogP contribution in [0.2, 0.25) is 5.02 Å². The molecule has 116 valence electrons. The van der Waals surface area contributed by atoms with Crippen LogP contribution in [-0.2, 0) is 16.0 Å². The number of nitrogens with zero attached hydrogens (tertiary/aromatic N) is 1. The predicted molar refractivity (Wildman–Crippen MR) is 90.0 cm³/mol. The molecule has 4 heteroatoms. The van der Waals surface area contributed by atoms with Crippen LogP contribution in [-0.4, -0.2) is 18.3 Å². The van der Waals surface area contributed by atoms with Gasteiger partial charge in [-0.05, 0) is 11.6 Å². The minimum Gasteiger partial charge on any atom is -0.499 e. The third-order valence-corrected chi connectivity index (χ3v) is 3.67. The van der Waals surface area contributed by atoms with Crippen molar-refractivity contribution in [1.29, 1.82) is 0 Å². The summed E-state index contributed by atoms with van der Waals surface area (Å²) in [7, 11) is 1.57. The number of methoxy groups -OCH3 is 1. The molecule has 1 atom stereocenters. The molecule has 1 unspecified atom stereocenters. The SMILES string of the molecule is C=CC(OCC(=C)OC)c1c(Cl)ccn1Cc1ccccc1. The molecule has 0 bridgehead atoms. The number of hydrogen-bond acceptors (Lipinski definition) is 2. The number of halogens is 1. The Morgan fingerprint density at radius 2 is 2.05 bits per heavy atom. The number of aromatic nitrogens is 1. The first kappa shape index (κ1) is 16.4. The van der Waals surface area contributed by atoms with E-state index in [4.69, 9.17) is 21.1 Å². The monoisotopic (exact) mass is 317 g/mol. The Hall–Kier alpha value is -1.97. The minimum atomic E-state index is -0.321. The fraction of sp³-hybridized carbons (Fsp3) is 0.222. The maximum absolute atomic E-state index is 6.33. The molecule has 1 aromatic carbocycles. The molecule has 1 heterocycles. The van der Waals surface area contributed by atoms with Gasteiger partial charge in [0.25, 0.3) is 0 Å². The first-order chi connectivity index (χ1) is 10.7. The molecular formula is C18H20ClNO2. The van der Waals surface area contributed by atoms with Crippen molar-refractivity contribution in [2.75, 3.05) is 13.7 Å². The summed E-state index contributed by atoms with van der Waals surface area (Å²) in [6.45, 7) is 8.61. The highest BCUT2D eigenvalue weighted by molar-refractivity contribution is 6.31. The Kier molecular flexibility index (Phi) is 5.87. The van der Waals surface area contributed by atoms with Crippen molar-refractivity contribution in [3.8, 4) is 0 Å². The summed E-state index contributed by atoms with van der Waals surface area (Å²) in [6.07, 6.45) is 3.36. The van der Waals surface area contributed by atoms with Crippen molar-refractivity contribution in [3.05, 3.63) is 83.9 Å². The largest absolute Gasteiger partial charge is 0.499 e. The van der Waals surface area contributed by atoms with E-state index in [1.54, 1.807) is 13.2 Å². The Morgan fingerprint density at radius 3 is 2.68 bits per heavy atom. The molecule has 0 spiro atoms. The lowest BCUT2D eigenvalue weighted by Crippen LogP contribution is -2.12. The molecule has 2 aromatic rings. The highest BCUT2D eigenvalue weighted by Gasteiger charge is 2.18. The van der Waals surface area contributed by atoms with Gasteiger partial charge in [0.2, 0.25) is 0 Å². The zero-order chi connectivity index (χ0) is 15.9. The fourth-order valence-electron chi connectivity index (χ4n) is 2.18. The van der Waals surface area contributed by atoms with Gasteiger partial charge < -0.3 is 14.0 Å². The van der Waals surface area contributed by atoms with Crippen molar-refractivity contribution in [2.45, 2.75) is 12.6 Å². The van der Waals surface area contributed by atoms with Gasteiger partial charge in [-0.15, -0.1) is 6.58 Å². The summed E-state index contributed by atoms with van der Waals surface area (Å²) in [5.41, 5.74) is 2.07. The third-order valence-electron chi connectivity index (χ3n) is 3.35. The molecule has 2 rings (SSSR count). The molecule has 0 aliphatic carbocycles. The third kappa shape index (κ3) is 4.03. The fourth-order valence-corrected chi connectivity index (χ4v) is 2.45. The van der Waals surface area contributed by atoms with Crippen LogP contribution in [0.5, 0.6) is 0 Å². The maximum Gasteiger partial charge on any atom is 0.117 e. The minimum absolute atomic E-state index is 0.292. The lowest BCUT2D eigenvalue weighted by molar-refractivity contribution is 0.0706. The van der Waals surface area contributed by atoms with Crippen LogP contribution in [0, 0.1) is 0 Å². The van der Waals surface area contributed by atoms with Crippen LogP contribution in [0.3, 0.4) is 0 Å². The molecule has 0 radical (unpaired) electrons. The van der Waals surface area contributed by atoms with E-state index in [0.29, 0.717) is 17.4 Å². The van der Waals surface area contributed by atoms with Crippen molar-refractivity contribution in [2.24, 2.45) is 0 Å². The standard InChI is InChI=1S/C18H20ClNO2/c1-4-17(22-13-14(2)21-3)18-16(19)10-11-20(18)12-15-8-6-5-7-9-15/h4-11,17H,1-2,12-13H2,3H3. The van der Waals surface area contributed by atoms with E-state index in [1.165, 1.54) is 5.56 Å². The lowest BCUT2D eigenvalue weighted by atomic mass is 10.2. The van der Waals surface area contributed by atoms with Gasteiger partial charge in [0, 0.05) is 12.7 Å². The normalized spacial score (nSPS) is 11.9. The van der Waals surface area contributed by atoms with Gasteiger partial charge in [0.05, 0.1) is 17.8 Å². The molecule has 0 amide bonds. The van der Waals surface area contributed by atoms with Gasteiger partial charge in [0.1, 0.15) is 18.5 Å². The average Bonchev–Trinajstić information content (AvgIpc) is 2.90. The molecule has 0 aliphatic heterocycles. The highest BCUT2D eigenvalue weighted by Crippen LogP contribution is 2.29. The Morgan fingerprint density at radius 1 is 1.32 bits per heavy atom. The van der Waals surface area contributed by atoms with Gasteiger partial charge in [-0.25, -0.2) is 0 Å². The van der Waals surface area contributed by atoms with Crippen LogP contribution in [0.15, 0.2) is 67.6 Å². The highest BCUT2D eigenvalue weighted by atomic mass is 35.5. The van der Waals surface area contributed by atoms with Gasteiger partial charge in [-0.2, -0.15) is 0 Å². The quantitative estimate of drug-likeness (QED) is 0.525. The molecule has 0 N–H and O–H groups in total. The molecule has 0 saturated heterocycles. The van der Waals surface area contributed by atoms with Gasteiger partial charge in [-0.1, -0.05) is 54.6 Å². The summed E-state index contributed by atoms with van der Waals surface area (Å²) >= 11 is 6.33. The van der Waals surface area contributed by atoms with Crippen molar-refractivity contribution in [1.82, 2.24) is 4.57 Å². The average molecular weight is 318 g/mol. The number of benzene rings is 1. The zero-order valence-corrected chi connectivity index (χ0v) is 13.4. The molecule has 3 nitrogen and oxygen atoms in total. The first-order valence-electron chi connectivity index (χ1n) is 7.00. The van der Waals surface area contributed by atoms with Crippen LogP contribution in [0.25, 0.3) is 0 Å². The topological polar surface area (TPSA) is 23.4 Å². The summed E-state index contributed by atoms with van der Waals surface area (Å²) < 4.78 is 12.9. The predicted octanol–water partition coefficient (Wildman–Crippen LogP) is 4.59. The zero-order valence-electron chi connectivity index (χ0n) is 12.7. The second kappa shape index (κ2) is 7.87. The number of ether oxygens (including phenoxy) is 2. The lowest BCUT2D eigenvalue weighted by Gasteiger charge is -2.18.